The van der Waals surface area contributed by atoms with Gasteiger partial charge in [0, 0.05) is 18.8 Å². The molecule has 0 bridgehead atoms. The topological polar surface area (TPSA) is 62.7 Å². The summed E-state index contributed by atoms with van der Waals surface area (Å²) >= 11 is 0. The largest absolute Gasteiger partial charge is 0.349 e. The Morgan fingerprint density at radius 1 is 1.19 bits per heavy atom. The number of benzene rings is 1. The third-order valence-electron chi connectivity index (χ3n) is 3.41. The van der Waals surface area contributed by atoms with E-state index in [0.717, 1.165) is 17.1 Å². The van der Waals surface area contributed by atoms with Crippen molar-refractivity contribution in [3.05, 3.63) is 59.9 Å². The maximum Gasteiger partial charge on any atom is 0.255 e. The summed E-state index contributed by atoms with van der Waals surface area (Å²) in [4.78, 5) is 12.3. The van der Waals surface area contributed by atoms with Crippen LogP contribution in [0.3, 0.4) is 0 Å². The Bertz CT molecular complexity index is 771. The van der Waals surface area contributed by atoms with Gasteiger partial charge in [-0.05, 0) is 31.2 Å². The van der Waals surface area contributed by atoms with Crippen molar-refractivity contribution >= 4 is 11.6 Å². The number of carbonyl (C=O) groups excluding carboxylic acids is 1. The number of nitrogens with one attached hydrogen (secondary N) is 2. The first kappa shape index (κ1) is 13.2. The Morgan fingerprint density at radius 2 is 1.95 bits per heavy atom. The predicted molar refractivity (Wildman–Crippen MR) is 82.1 cm³/mol. The van der Waals surface area contributed by atoms with Gasteiger partial charge in [-0.15, -0.1) is 0 Å². The van der Waals surface area contributed by atoms with E-state index in [1.54, 1.807) is 12.1 Å². The van der Waals surface area contributed by atoms with Gasteiger partial charge in [0.05, 0.1) is 17.1 Å². The zero-order valence-electron chi connectivity index (χ0n) is 11.9. The van der Waals surface area contributed by atoms with Crippen LogP contribution in [0.25, 0.3) is 11.4 Å². The lowest BCUT2D eigenvalue weighted by Crippen LogP contribution is -2.12. The number of rotatable bonds is 3. The van der Waals surface area contributed by atoms with Crippen molar-refractivity contribution in [2.24, 2.45) is 7.05 Å². The number of anilines is 1. The first-order chi connectivity index (χ1) is 10.2. The van der Waals surface area contributed by atoms with Crippen LogP contribution in [0.4, 0.5) is 5.69 Å². The first-order valence-corrected chi connectivity index (χ1v) is 6.70. The van der Waals surface area contributed by atoms with Crippen molar-refractivity contribution in [1.29, 1.82) is 0 Å². The minimum Gasteiger partial charge on any atom is -0.349 e. The Labute approximate surface area is 122 Å². The molecule has 1 aromatic carbocycles. The van der Waals surface area contributed by atoms with E-state index in [1.165, 1.54) is 0 Å². The lowest BCUT2D eigenvalue weighted by molar-refractivity contribution is 0.102. The number of nitrogens with zero attached hydrogens (tertiary/aromatic N) is 2. The summed E-state index contributed by atoms with van der Waals surface area (Å²) in [5.41, 5.74) is 3.85. The highest BCUT2D eigenvalue weighted by molar-refractivity contribution is 6.06. The van der Waals surface area contributed by atoms with Crippen LogP contribution in [0.5, 0.6) is 0 Å². The van der Waals surface area contributed by atoms with Gasteiger partial charge in [0.1, 0.15) is 5.69 Å². The summed E-state index contributed by atoms with van der Waals surface area (Å²) < 4.78 is 1.97. The molecule has 2 aromatic heterocycles. The van der Waals surface area contributed by atoms with Gasteiger partial charge in [-0.1, -0.05) is 18.2 Å². The van der Waals surface area contributed by atoms with Crippen molar-refractivity contribution in [3.8, 4) is 11.4 Å². The number of amides is 1. The lowest BCUT2D eigenvalue weighted by Gasteiger charge is -2.07. The van der Waals surface area contributed by atoms with E-state index in [0.29, 0.717) is 11.3 Å². The van der Waals surface area contributed by atoms with Crippen LogP contribution in [-0.4, -0.2) is 20.7 Å². The molecule has 3 rings (SSSR count). The van der Waals surface area contributed by atoms with Gasteiger partial charge < -0.3 is 9.88 Å². The van der Waals surface area contributed by atoms with Gasteiger partial charge in [0.25, 0.3) is 5.91 Å². The molecule has 0 aliphatic carbocycles. The van der Waals surface area contributed by atoms with Gasteiger partial charge in [-0.3, -0.25) is 9.89 Å². The monoisotopic (exact) mass is 280 g/mol. The number of aromatic amines is 1. The van der Waals surface area contributed by atoms with Gasteiger partial charge in [-0.25, -0.2) is 0 Å². The lowest BCUT2D eigenvalue weighted by atomic mass is 10.2. The fraction of sp³-hybridized carbons (Fsp3) is 0.125. The molecule has 0 saturated carbocycles. The summed E-state index contributed by atoms with van der Waals surface area (Å²) in [7, 11) is 1.95. The van der Waals surface area contributed by atoms with Crippen molar-refractivity contribution in [1.82, 2.24) is 14.8 Å². The summed E-state index contributed by atoms with van der Waals surface area (Å²) in [6.07, 6.45) is 1.95. The van der Waals surface area contributed by atoms with Crippen LogP contribution in [0, 0.1) is 6.92 Å². The molecule has 21 heavy (non-hydrogen) atoms. The van der Waals surface area contributed by atoms with Crippen molar-refractivity contribution in [2.75, 3.05) is 5.32 Å². The SMILES string of the molecule is Cc1[nH]nc(-c2cccn2C)c1NC(=O)c1ccccc1. The third-order valence-corrected chi connectivity index (χ3v) is 3.41. The zero-order chi connectivity index (χ0) is 14.8. The molecule has 2 N–H and O–H groups in total. The smallest absolute Gasteiger partial charge is 0.255 e. The molecule has 2 heterocycles. The van der Waals surface area contributed by atoms with E-state index in [1.807, 2.05) is 55.1 Å². The number of aryl methyl sites for hydroxylation is 2. The second-order valence-electron chi connectivity index (χ2n) is 4.90. The van der Waals surface area contributed by atoms with E-state index in [2.05, 4.69) is 15.5 Å². The van der Waals surface area contributed by atoms with Crippen LogP contribution in [-0.2, 0) is 7.05 Å². The minimum atomic E-state index is -0.143. The van der Waals surface area contributed by atoms with Gasteiger partial charge in [0.15, 0.2) is 0 Å². The molecular weight excluding hydrogens is 264 g/mol. The first-order valence-electron chi connectivity index (χ1n) is 6.70. The number of hydrogen-bond acceptors (Lipinski definition) is 2. The van der Waals surface area contributed by atoms with Crippen LogP contribution >= 0.6 is 0 Å². The second kappa shape index (κ2) is 5.28. The molecule has 5 nitrogen and oxygen atoms in total. The quantitative estimate of drug-likeness (QED) is 0.774. The molecular formula is C16H16N4O. The predicted octanol–water partition coefficient (Wildman–Crippen LogP) is 2.98. The fourth-order valence-corrected chi connectivity index (χ4v) is 2.25. The molecule has 5 heteroatoms. The van der Waals surface area contributed by atoms with E-state index in [4.69, 9.17) is 0 Å². The zero-order valence-corrected chi connectivity index (χ0v) is 11.9. The van der Waals surface area contributed by atoms with Crippen molar-refractivity contribution in [2.45, 2.75) is 6.92 Å². The Balaban J connectivity index is 1.95. The maximum atomic E-state index is 12.3. The minimum absolute atomic E-state index is 0.143. The highest BCUT2D eigenvalue weighted by Crippen LogP contribution is 2.28. The Hall–Kier alpha value is -2.82. The average Bonchev–Trinajstić information content (AvgIpc) is 3.07. The molecule has 106 valence electrons. The summed E-state index contributed by atoms with van der Waals surface area (Å²) in [6, 6.07) is 13.1. The summed E-state index contributed by atoms with van der Waals surface area (Å²) in [5, 5.41) is 10.2. The number of hydrogen-bond donors (Lipinski definition) is 2. The molecule has 0 spiro atoms. The van der Waals surface area contributed by atoms with E-state index >= 15 is 0 Å². The highest BCUT2D eigenvalue weighted by Gasteiger charge is 2.17. The molecule has 0 radical (unpaired) electrons. The fourth-order valence-electron chi connectivity index (χ4n) is 2.25. The van der Waals surface area contributed by atoms with Crippen LogP contribution < -0.4 is 5.32 Å². The molecule has 0 unspecified atom stereocenters. The van der Waals surface area contributed by atoms with Crippen molar-refractivity contribution < 1.29 is 4.79 Å². The average molecular weight is 280 g/mol. The van der Waals surface area contributed by atoms with E-state index in [9.17, 15) is 4.79 Å². The van der Waals surface area contributed by atoms with Gasteiger partial charge >= 0.3 is 0 Å². The number of carbonyl (C=O) groups is 1. The van der Waals surface area contributed by atoms with Gasteiger partial charge in [-0.2, -0.15) is 5.10 Å². The molecule has 0 aliphatic heterocycles. The molecule has 1 amide bonds. The van der Waals surface area contributed by atoms with Crippen LogP contribution in [0.1, 0.15) is 16.1 Å². The van der Waals surface area contributed by atoms with Crippen molar-refractivity contribution in [3.63, 3.8) is 0 Å². The highest BCUT2D eigenvalue weighted by atomic mass is 16.1. The maximum absolute atomic E-state index is 12.3. The van der Waals surface area contributed by atoms with E-state index < -0.39 is 0 Å². The molecule has 0 atom stereocenters. The third kappa shape index (κ3) is 2.45. The number of H-pyrrole nitrogens is 1. The number of aromatic nitrogens is 3. The standard InChI is InChI=1S/C16H16N4O/c1-11-14(17-16(21)12-7-4-3-5-8-12)15(19-18-11)13-9-6-10-20(13)2/h3-10H,1-2H3,(H,17,21)(H,18,19). The van der Waals surface area contributed by atoms with E-state index in [-0.39, 0.29) is 5.91 Å². The normalized spacial score (nSPS) is 10.6. The molecule has 3 aromatic rings. The van der Waals surface area contributed by atoms with Crippen LogP contribution in [0.2, 0.25) is 0 Å². The Kier molecular flexibility index (Phi) is 3.31. The molecule has 0 fully saturated rings. The van der Waals surface area contributed by atoms with Gasteiger partial charge in [0.2, 0.25) is 0 Å². The Morgan fingerprint density at radius 3 is 2.62 bits per heavy atom. The van der Waals surface area contributed by atoms with Crippen LogP contribution in [0.15, 0.2) is 48.7 Å². The summed E-state index contributed by atoms with van der Waals surface area (Å²) in [6.45, 7) is 1.89. The summed E-state index contributed by atoms with van der Waals surface area (Å²) in [5.74, 6) is -0.143. The molecule has 0 aliphatic rings. The molecule has 0 saturated heterocycles. The second-order valence-corrected chi connectivity index (χ2v) is 4.90.